The van der Waals surface area contributed by atoms with E-state index in [4.69, 9.17) is 9.97 Å². The predicted molar refractivity (Wildman–Crippen MR) is 254 cm³/mol. The van der Waals surface area contributed by atoms with Gasteiger partial charge in [-0.2, -0.15) is 0 Å². The smallest absolute Gasteiger partial charge is 0.160 e. The molecule has 1 heterocycles. The highest BCUT2D eigenvalue weighted by atomic mass is 14.9. The molecule has 11 aromatic rings. The van der Waals surface area contributed by atoms with Crippen molar-refractivity contribution in [2.24, 2.45) is 0 Å². The van der Waals surface area contributed by atoms with Crippen molar-refractivity contribution in [1.82, 2.24) is 9.97 Å². The molecule has 12 rings (SSSR count). The fourth-order valence-electron chi connectivity index (χ4n) is 10.2. The summed E-state index contributed by atoms with van der Waals surface area (Å²) in [5, 5.41) is 7.37. The zero-order chi connectivity index (χ0) is 40.3. The first-order valence-electron chi connectivity index (χ1n) is 21.0. The Bertz CT molecular complexity index is 3420. The lowest BCUT2D eigenvalue weighted by Gasteiger charge is -2.35. The first kappa shape index (κ1) is 35.0. The Morgan fingerprint density at radius 3 is 1.59 bits per heavy atom. The van der Waals surface area contributed by atoms with Crippen molar-refractivity contribution in [3.05, 3.63) is 253 Å². The van der Waals surface area contributed by atoms with E-state index in [2.05, 4.69) is 224 Å². The van der Waals surface area contributed by atoms with Crippen molar-refractivity contribution in [2.75, 3.05) is 0 Å². The van der Waals surface area contributed by atoms with Gasteiger partial charge in [-0.1, -0.05) is 218 Å². The standard InChI is InChI=1S/C59H38N2/c1-4-20-40(21-5-1)58-60-54(47-30-14-15-31-48(47)56-45-28-13-11-22-41(45)37-52-44-27-12-10-19-39(44)35-36-49(52)56)38-55(61-58)51-33-18-32-50-46-29-16-17-34-53(46)59(57(50)51,42-23-6-2-7-24-42)43-25-8-3-9-26-43/h1-38H. The van der Waals surface area contributed by atoms with Crippen LogP contribution in [-0.4, -0.2) is 9.97 Å². The van der Waals surface area contributed by atoms with Gasteiger partial charge in [0.25, 0.3) is 0 Å². The van der Waals surface area contributed by atoms with Crippen LogP contribution in [0.1, 0.15) is 22.3 Å². The number of hydrogen-bond donors (Lipinski definition) is 0. The van der Waals surface area contributed by atoms with Crippen molar-refractivity contribution < 1.29 is 0 Å². The lowest BCUT2D eigenvalue weighted by atomic mass is 9.66. The Labute approximate surface area is 355 Å². The van der Waals surface area contributed by atoms with E-state index >= 15 is 0 Å². The van der Waals surface area contributed by atoms with E-state index in [0.717, 1.165) is 33.6 Å². The minimum absolute atomic E-state index is 0.592. The van der Waals surface area contributed by atoms with Gasteiger partial charge in [-0.15, -0.1) is 0 Å². The van der Waals surface area contributed by atoms with Crippen LogP contribution in [0, 0.1) is 0 Å². The highest BCUT2D eigenvalue weighted by molar-refractivity contribution is 6.21. The number of fused-ring (bicyclic) bond motifs is 7. The van der Waals surface area contributed by atoms with Crippen LogP contribution in [0.4, 0.5) is 0 Å². The maximum Gasteiger partial charge on any atom is 0.160 e. The fraction of sp³-hybridized carbons (Fsp3) is 0.0169. The molecule has 1 aliphatic rings. The van der Waals surface area contributed by atoms with E-state index in [1.807, 2.05) is 6.07 Å². The van der Waals surface area contributed by atoms with Gasteiger partial charge in [-0.05, 0) is 89.0 Å². The van der Waals surface area contributed by atoms with E-state index in [0.29, 0.717) is 5.82 Å². The van der Waals surface area contributed by atoms with E-state index < -0.39 is 5.41 Å². The SMILES string of the molecule is c1ccc(-c2nc(-c3ccccc3-c3c4ccccc4cc4c3ccc3ccccc34)cc(-c3cccc4c3C(c3ccccc3)(c3ccccc3)c3ccccc3-4)n2)cc1. The number of hydrogen-bond acceptors (Lipinski definition) is 2. The summed E-state index contributed by atoms with van der Waals surface area (Å²) in [6, 6.07) is 83.5. The Hall–Kier alpha value is -7.94. The average Bonchev–Trinajstić information content (AvgIpc) is 3.65. The third-order valence-corrected chi connectivity index (χ3v) is 12.8. The molecule has 0 saturated heterocycles. The van der Waals surface area contributed by atoms with E-state index in [-0.39, 0.29) is 0 Å². The van der Waals surface area contributed by atoms with Crippen LogP contribution < -0.4 is 0 Å². The largest absolute Gasteiger partial charge is 0.228 e. The van der Waals surface area contributed by atoms with Gasteiger partial charge in [-0.3, -0.25) is 0 Å². The van der Waals surface area contributed by atoms with Crippen LogP contribution in [0.5, 0.6) is 0 Å². The summed E-state index contributed by atoms with van der Waals surface area (Å²) in [7, 11) is 0. The summed E-state index contributed by atoms with van der Waals surface area (Å²) in [4.78, 5) is 11.0. The highest BCUT2D eigenvalue weighted by Crippen LogP contribution is 2.58. The molecule has 0 bridgehead atoms. The van der Waals surface area contributed by atoms with Gasteiger partial charge in [0.1, 0.15) is 0 Å². The molecule has 1 aromatic heterocycles. The minimum Gasteiger partial charge on any atom is -0.228 e. The quantitative estimate of drug-likeness (QED) is 0.124. The number of benzene rings is 10. The normalized spacial score (nSPS) is 12.7. The molecular formula is C59H38N2. The number of nitrogens with zero attached hydrogens (tertiary/aromatic N) is 2. The molecule has 2 heteroatoms. The molecule has 284 valence electrons. The summed E-state index contributed by atoms with van der Waals surface area (Å²) in [6.45, 7) is 0. The zero-order valence-corrected chi connectivity index (χ0v) is 33.3. The van der Waals surface area contributed by atoms with Crippen molar-refractivity contribution in [3.8, 4) is 56.2 Å². The Balaban J connectivity index is 1.17. The lowest BCUT2D eigenvalue weighted by Crippen LogP contribution is -2.29. The second-order valence-electron chi connectivity index (χ2n) is 16.0. The maximum absolute atomic E-state index is 5.52. The van der Waals surface area contributed by atoms with Crippen LogP contribution in [0.15, 0.2) is 231 Å². The average molecular weight is 775 g/mol. The van der Waals surface area contributed by atoms with Crippen molar-refractivity contribution >= 4 is 32.3 Å². The molecule has 2 nitrogen and oxygen atoms in total. The molecule has 0 saturated carbocycles. The highest BCUT2D eigenvalue weighted by Gasteiger charge is 2.47. The summed E-state index contributed by atoms with van der Waals surface area (Å²) in [6.07, 6.45) is 0. The predicted octanol–water partition coefficient (Wildman–Crippen LogP) is 15.0. The van der Waals surface area contributed by atoms with Crippen molar-refractivity contribution in [1.29, 1.82) is 0 Å². The van der Waals surface area contributed by atoms with Gasteiger partial charge in [0.05, 0.1) is 16.8 Å². The van der Waals surface area contributed by atoms with Gasteiger partial charge in [-0.25, -0.2) is 9.97 Å². The van der Waals surface area contributed by atoms with Gasteiger partial charge in [0.2, 0.25) is 0 Å². The second kappa shape index (κ2) is 14.1. The molecule has 0 aliphatic heterocycles. The van der Waals surface area contributed by atoms with Gasteiger partial charge < -0.3 is 0 Å². The maximum atomic E-state index is 5.52. The molecule has 1 aliphatic carbocycles. The van der Waals surface area contributed by atoms with Gasteiger partial charge in [0, 0.05) is 16.7 Å². The molecule has 0 atom stereocenters. The lowest BCUT2D eigenvalue weighted by molar-refractivity contribution is 0.769. The minimum atomic E-state index is -0.592. The third-order valence-electron chi connectivity index (χ3n) is 12.8. The molecule has 0 N–H and O–H groups in total. The first-order valence-corrected chi connectivity index (χ1v) is 21.0. The van der Waals surface area contributed by atoms with Crippen LogP contribution in [-0.2, 0) is 5.41 Å². The fourth-order valence-corrected chi connectivity index (χ4v) is 10.2. The number of rotatable bonds is 6. The van der Waals surface area contributed by atoms with E-state index in [1.54, 1.807) is 0 Å². The van der Waals surface area contributed by atoms with E-state index in [1.165, 1.54) is 71.3 Å². The van der Waals surface area contributed by atoms with Crippen LogP contribution in [0.3, 0.4) is 0 Å². The molecule has 0 radical (unpaired) electrons. The Morgan fingerprint density at radius 2 is 0.852 bits per heavy atom. The van der Waals surface area contributed by atoms with Crippen molar-refractivity contribution in [2.45, 2.75) is 5.41 Å². The number of aromatic nitrogens is 2. The molecule has 0 spiro atoms. The second-order valence-corrected chi connectivity index (χ2v) is 16.0. The van der Waals surface area contributed by atoms with Crippen molar-refractivity contribution in [3.63, 3.8) is 0 Å². The van der Waals surface area contributed by atoms with Crippen LogP contribution in [0.25, 0.3) is 88.5 Å². The molecular weight excluding hydrogens is 737 g/mol. The van der Waals surface area contributed by atoms with Gasteiger partial charge >= 0.3 is 0 Å². The third kappa shape index (κ3) is 5.43. The molecule has 0 fully saturated rings. The van der Waals surface area contributed by atoms with E-state index in [9.17, 15) is 0 Å². The van der Waals surface area contributed by atoms with Crippen LogP contribution in [0.2, 0.25) is 0 Å². The molecule has 61 heavy (non-hydrogen) atoms. The summed E-state index contributed by atoms with van der Waals surface area (Å²) in [5.74, 6) is 0.690. The van der Waals surface area contributed by atoms with Gasteiger partial charge in [0.15, 0.2) is 5.82 Å². The topological polar surface area (TPSA) is 25.8 Å². The summed E-state index contributed by atoms with van der Waals surface area (Å²) < 4.78 is 0. The molecule has 0 unspecified atom stereocenters. The molecule has 10 aromatic carbocycles. The summed E-state index contributed by atoms with van der Waals surface area (Å²) >= 11 is 0. The van der Waals surface area contributed by atoms with Crippen LogP contribution >= 0.6 is 0 Å². The Morgan fingerprint density at radius 1 is 0.311 bits per heavy atom. The summed E-state index contributed by atoms with van der Waals surface area (Å²) in [5.41, 5.74) is 14.0. The monoisotopic (exact) mass is 774 g/mol. The first-order chi connectivity index (χ1) is 30.3. The molecule has 0 amide bonds. The Kier molecular flexibility index (Phi) is 8.11. The zero-order valence-electron chi connectivity index (χ0n) is 33.3.